The summed E-state index contributed by atoms with van der Waals surface area (Å²) in [5.41, 5.74) is 0.300. The Morgan fingerprint density at radius 2 is 2.00 bits per heavy atom. The van der Waals surface area contributed by atoms with Crippen LogP contribution in [0, 0.1) is 18.6 Å². The van der Waals surface area contributed by atoms with Crippen molar-refractivity contribution in [3.63, 3.8) is 0 Å². The number of carbonyl (C=O) groups excluding carboxylic acids is 1. The smallest absolute Gasteiger partial charge is 0.348 e. The maximum Gasteiger partial charge on any atom is 0.348 e. The van der Waals surface area contributed by atoms with E-state index in [4.69, 9.17) is 4.74 Å². The van der Waals surface area contributed by atoms with Crippen LogP contribution in [0.1, 0.15) is 22.2 Å². The standard InChI is InChI=1S/C16H13F2N3O2S/c1-3-23-16(22)13-8(2)11-14(19-7-20-15(11)24-13)21-12-9(17)5-4-6-10(12)18/h4-7H,3H2,1-2H3,(H,19,20,21). The second kappa shape index (κ2) is 6.48. The van der Waals surface area contributed by atoms with Crippen molar-refractivity contribution >= 4 is 39.0 Å². The molecule has 0 saturated heterocycles. The molecule has 0 atom stereocenters. The number of hydrogen-bond acceptors (Lipinski definition) is 6. The lowest BCUT2D eigenvalue weighted by molar-refractivity contribution is 0.0531. The number of carbonyl (C=O) groups is 1. The summed E-state index contributed by atoms with van der Waals surface area (Å²) in [7, 11) is 0. The number of hydrogen-bond donors (Lipinski definition) is 1. The van der Waals surface area contributed by atoms with Crippen molar-refractivity contribution in [1.82, 2.24) is 9.97 Å². The lowest BCUT2D eigenvalue weighted by Crippen LogP contribution is -2.04. The first-order valence-electron chi connectivity index (χ1n) is 7.15. The Hall–Kier alpha value is -2.61. The maximum absolute atomic E-state index is 13.9. The molecule has 0 spiro atoms. The van der Waals surface area contributed by atoms with Gasteiger partial charge >= 0.3 is 5.97 Å². The van der Waals surface area contributed by atoms with Crippen molar-refractivity contribution in [2.24, 2.45) is 0 Å². The molecule has 8 heteroatoms. The normalized spacial score (nSPS) is 10.8. The number of halogens is 2. The molecule has 0 amide bonds. The summed E-state index contributed by atoms with van der Waals surface area (Å²) in [5.74, 6) is -1.70. The number of nitrogens with zero attached hydrogens (tertiary/aromatic N) is 2. The van der Waals surface area contributed by atoms with Gasteiger partial charge in [0.05, 0.1) is 12.0 Å². The molecule has 0 bridgehead atoms. The molecule has 0 unspecified atom stereocenters. The maximum atomic E-state index is 13.9. The highest BCUT2D eigenvalue weighted by Gasteiger charge is 2.21. The van der Waals surface area contributed by atoms with E-state index in [0.717, 1.165) is 23.5 Å². The quantitative estimate of drug-likeness (QED) is 0.715. The van der Waals surface area contributed by atoms with Crippen LogP contribution < -0.4 is 5.32 Å². The fourth-order valence-corrected chi connectivity index (χ4v) is 3.34. The van der Waals surface area contributed by atoms with Crippen molar-refractivity contribution in [2.45, 2.75) is 13.8 Å². The van der Waals surface area contributed by atoms with E-state index in [0.29, 0.717) is 20.7 Å². The number of rotatable bonds is 4. The summed E-state index contributed by atoms with van der Waals surface area (Å²) in [6.07, 6.45) is 1.27. The minimum atomic E-state index is -0.736. The largest absolute Gasteiger partial charge is 0.462 e. The zero-order valence-corrected chi connectivity index (χ0v) is 13.7. The molecule has 0 radical (unpaired) electrons. The van der Waals surface area contributed by atoms with Gasteiger partial charge in [-0.25, -0.2) is 23.5 Å². The molecule has 1 aromatic carbocycles. The Balaban J connectivity index is 2.11. The highest BCUT2D eigenvalue weighted by Crippen LogP contribution is 2.35. The number of aromatic nitrogens is 2. The second-order valence-electron chi connectivity index (χ2n) is 4.90. The van der Waals surface area contributed by atoms with E-state index in [-0.39, 0.29) is 18.1 Å². The molecule has 0 aliphatic heterocycles. The molecule has 3 rings (SSSR count). The number of esters is 1. The minimum absolute atomic E-state index is 0.230. The van der Waals surface area contributed by atoms with E-state index >= 15 is 0 Å². The van der Waals surface area contributed by atoms with E-state index in [1.807, 2.05) is 0 Å². The Labute approximate surface area is 140 Å². The number of benzene rings is 1. The Bertz CT molecular complexity index is 907. The molecule has 24 heavy (non-hydrogen) atoms. The Morgan fingerprint density at radius 1 is 1.29 bits per heavy atom. The third-order valence-electron chi connectivity index (χ3n) is 3.39. The number of anilines is 2. The Morgan fingerprint density at radius 3 is 2.67 bits per heavy atom. The van der Waals surface area contributed by atoms with Crippen LogP contribution in [0.3, 0.4) is 0 Å². The Kier molecular flexibility index (Phi) is 4.39. The molecular formula is C16H13F2N3O2S. The van der Waals surface area contributed by atoms with Crippen LogP contribution in [0.4, 0.5) is 20.3 Å². The van der Waals surface area contributed by atoms with Gasteiger partial charge in [-0.15, -0.1) is 11.3 Å². The van der Waals surface area contributed by atoms with Crippen molar-refractivity contribution in [3.05, 3.63) is 46.6 Å². The van der Waals surface area contributed by atoms with Crippen LogP contribution >= 0.6 is 11.3 Å². The first kappa shape index (κ1) is 16.3. The molecule has 0 fully saturated rings. The number of fused-ring (bicyclic) bond motifs is 1. The van der Waals surface area contributed by atoms with Crippen LogP contribution in [-0.4, -0.2) is 22.5 Å². The lowest BCUT2D eigenvalue weighted by Gasteiger charge is -2.09. The lowest BCUT2D eigenvalue weighted by atomic mass is 10.2. The molecule has 124 valence electrons. The summed E-state index contributed by atoms with van der Waals surface area (Å²) >= 11 is 1.15. The molecule has 3 aromatic rings. The average molecular weight is 349 g/mol. The van der Waals surface area contributed by atoms with Gasteiger partial charge in [-0.2, -0.15) is 0 Å². The van der Waals surface area contributed by atoms with E-state index in [2.05, 4.69) is 15.3 Å². The first-order chi connectivity index (χ1) is 11.5. The molecule has 2 aromatic heterocycles. The van der Waals surface area contributed by atoms with E-state index < -0.39 is 17.6 Å². The predicted octanol–water partition coefficient (Wildman–Crippen LogP) is 4.20. The van der Waals surface area contributed by atoms with Crippen LogP contribution in [-0.2, 0) is 4.74 Å². The number of thiophene rings is 1. The van der Waals surface area contributed by atoms with Crippen molar-refractivity contribution in [3.8, 4) is 0 Å². The molecular weight excluding hydrogens is 336 g/mol. The van der Waals surface area contributed by atoms with Gasteiger partial charge in [-0.1, -0.05) is 6.07 Å². The zero-order chi connectivity index (χ0) is 17.3. The van der Waals surface area contributed by atoms with Gasteiger partial charge in [0, 0.05) is 0 Å². The fourth-order valence-electron chi connectivity index (χ4n) is 2.29. The van der Waals surface area contributed by atoms with Crippen LogP contribution in [0.5, 0.6) is 0 Å². The fraction of sp³-hybridized carbons (Fsp3) is 0.188. The monoisotopic (exact) mass is 349 g/mol. The summed E-state index contributed by atoms with van der Waals surface area (Å²) in [4.78, 5) is 21.1. The third kappa shape index (κ3) is 2.80. The minimum Gasteiger partial charge on any atom is -0.462 e. The topological polar surface area (TPSA) is 64.1 Å². The highest BCUT2D eigenvalue weighted by molar-refractivity contribution is 7.20. The zero-order valence-electron chi connectivity index (χ0n) is 12.9. The second-order valence-corrected chi connectivity index (χ2v) is 5.90. The van der Waals surface area contributed by atoms with Crippen LogP contribution in [0.15, 0.2) is 24.5 Å². The van der Waals surface area contributed by atoms with Crippen LogP contribution in [0.2, 0.25) is 0 Å². The van der Waals surface area contributed by atoms with Gasteiger partial charge < -0.3 is 10.1 Å². The summed E-state index contributed by atoms with van der Waals surface area (Å²) in [5, 5.41) is 3.20. The van der Waals surface area contributed by atoms with Gasteiger partial charge in [0.25, 0.3) is 0 Å². The molecule has 2 heterocycles. The molecule has 1 N–H and O–H groups in total. The molecule has 5 nitrogen and oxygen atoms in total. The van der Waals surface area contributed by atoms with Gasteiger partial charge in [0.2, 0.25) is 0 Å². The van der Waals surface area contributed by atoms with Gasteiger partial charge in [0.15, 0.2) is 0 Å². The summed E-state index contributed by atoms with van der Waals surface area (Å²) in [6, 6.07) is 3.57. The van der Waals surface area contributed by atoms with Crippen molar-refractivity contribution in [2.75, 3.05) is 11.9 Å². The summed E-state index contributed by atoms with van der Waals surface area (Å²) < 4.78 is 32.7. The molecule has 0 saturated carbocycles. The highest BCUT2D eigenvalue weighted by atomic mass is 32.1. The number of ether oxygens (including phenoxy) is 1. The molecule has 0 aliphatic carbocycles. The third-order valence-corrected chi connectivity index (χ3v) is 4.57. The van der Waals surface area contributed by atoms with Crippen molar-refractivity contribution < 1.29 is 18.3 Å². The average Bonchev–Trinajstić information content (AvgIpc) is 2.89. The van der Waals surface area contributed by atoms with E-state index in [1.165, 1.54) is 12.4 Å². The van der Waals surface area contributed by atoms with Crippen LogP contribution in [0.25, 0.3) is 10.2 Å². The van der Waals surface area contributed by atoms with Gasteiger partial charge in [-0.05, 0) is 31.5 Å². The van der Waals surface area contributed by atoms with Gasteiger partial charge in [-0.3, -0.25) is 0 Å². The van der Waals surface area contributed by atoms with Crippen molar-refractivity contribution in [1.29, 1.82) is 0 Å². The summed E-state index contributed by atoms with van der Waals surface area (Å²) in [6.45, 7) is 3.69. The SMILES string of the molecule is CCOC(=O)c1sc2ncnc(Nc3c(F)cccc3F)c2c1C. The first-order valence-corrected chi connectivity index (χ1v) is 7.96. The van der Waals surface area contributed by atoms with Gasteiger partial charge in [0.1, 0.15) is 39.2 Å². The number of nitrogens with one attached hydrogen (secondary N) is 1. The van der Waals surface area contributed by atoms with E-state index in [9.17, 15) is 13.6 Å². The number of para-hydroxylation sites is 1. The number of aryl methyl sites for hydroxylation is 1. The molecule has 0 aliphatic rings. The van der Waals surface area contributed by atoms with E-state index in [1.54, 1.807) is 13.8 Å². The predicted molar refractivity (Wildman–Crippen MR) is 87.7 cm³/mol.